The summed E-state index contributed by atoms with van der Waals surface area (Å²) < 4.78 is 5.13. The molecule has 0 radical (unpaired) electrons. The Kier molecular flexibility index (Phi) is 6.71. The highest BCUT2D eigenvalue weighted by Crippen LogP contribution is 2.05. The number of nitrogens with one attached hydrogen (secondary N) is 1. The van der Waals surface area contributed by atoms with Gasteiger partial charge in [0, 0.05) is 0 Å². The van der Waals surface area contributed by atoms with Crippen molar-refractivity contribution in [2.45, 2.75) is 25.5 Å². The Labute approximate surface area is 145 Å². The fourth-order valence-electron chi connectivity index (χ4n) is 2.22. The highest BCUT2D eigenvalue weighted by Gasteiger charge is 2.25. The third kappa shape index (κ3) is 6.47. The predicted molar refractivity (Wildman–Crippen MR) is 90.6 cm³/mol. The van der Waals surface area contributed by atoms with Gasteiger partial charge in [-0.05, 0) is 11.1 Å². The van der Waals surface area contributed by atoms with E-state index in [1.165, 1.54) is 0 Å². The van der Waals surface area contributed by atoms with E-state index in [4.69, 9.17) is 9.84 Å². The smallest absolute Gasteiger partial charge is 0.329 e. The first kappa shape index (κ1) is 18.2. The lowest BCUT2D eigenvalue weighted by Gasteiger charge is -2.16. The molecule has 0 spiro atoms. The molecule has 130 valence electrons. The van der Waals surface area contributed by atoms with Gasteiger partial charge in [0.05, 0.1) is 12.8 Å². The van der Waals surface area contributed by atoms with E-state index in [-0.39, 0.29) is 13.0 Å². The molecule has 0 aromatic heterocycles. The number of rotatable bonds is 8. The van der Waals surface area contributed by atoms with Crippen molar-refractivity contribution in [2.75, 3.05) is 0 Å². The number of ether oxygens (including phenoxy) is 1. The Morgan fingerprint density at radius 1 is 0.920 bits per heavy atom. The van der Waals surface area contributed by atoms with Gasteiger partial charge in [-0.15, -0.1) is 0 Å². The van der Waals surface area contributed by atoms with Crippen LogP contribution in [0, 0.1) is 0 Å². The molecule has 0 bridgehead atoms. The lowest BCUT2D eigenvalue weighted by molar-refractivity contribution is -0.152. The number of esters is 1. The van der Waals surface area contributed by atoms with Crippen LogP contribution in [0.1, 0.15) is 17.5 Å². The zero-order chi connectivity index (χ0) is 18.1. The minimum Gasteiger partial charge on any atom is -0.481 e. The summed E-state index contributed by atoms with van der Waals surface area (Å²) in [5, 5.41) is 11.4. The van der Waals surface area contributed by atoms with E-state index >= 15 is 0 Å². The van der Waals surface area contributed by atoms with Crippen LogP contribution in [-0.4, -0.2) is 29.0 Å². The van der Waals surface area contributed by atoms with E-state index in [1.54, 1.807) is 48.5 Å². The van der Waals surface area contributed by atoms with E-state index in [9.17, 15) is 14.4 Å². The molecule has 2 aromatic rings. The van der Waals surface area contributed by atoms with Gasteiger partial charge >= 0.3 is 11.9 Å². The number of carboxylic acids is 1. The topological polar surface area (TPSA) is 92.7 Å². The van der Waals surface area contributed by atoms with Crippen LogP contribution in [0.2, 0.25) is 0 Å². The third-order valence-corrected chi connectivity index (χ3v) is 3.43. The van der Waals surface area contributed by atoms with Crippen LogP contribution in [-0.2, 0) is 32.1 Å². The van der Waals surface area contributed by atoms with E-state index < -0.39 is 30.3 Å². The standard InChI is InChI=1S/C19H19NO5/c21-17(11-14-7-3-1-4-8-14)20-16(12-18(22)23)19(24)25-13-15-9-5-2-6-10-15/h1-10,16H,11-13H2,(H,20,21)(H,22,23)/t16-/m0/s1. The zero-order valence-corrected chi connectivity index (χ0v) is 13.6. The molecule has 0 fully saturated rings. The summed E-state index contributed by atoms with van der Waals surface area (Å²) in [6.45, 7) is 0.0182. The predicted octanol–water partition coefficient (Wildman–Crippen LogP) is 1.93. The van der Waals surface area contributed by atoms with Gasteiger partial charge < -0.3 is 15.2 Å². The number of carbonyl (C=O) groups excluding carboxylic acids is 2. The van der Waals surface area contributed by atoms with Gasteiger partial charge in [-0.2, -0.15) is 0 Å². The third-order valence-electron chi connectivity index (χ3n) is 3.43. The van der Waals surface area contributed by atoms with Crippen molar-refractivity contribution in [3.63, 3.8) is 0 Å². The molecule has 0 unspecified atom stereocenters. The zero-order valence-electron chi connectivity index (χ0n) is 13.6. The molecule has 2 N–H and O–H groups in total. The van der Waals surface area contributed by atoms with Crippen molar-refractivity contribution in [2.24, 2.45) is 0 Å². The summed E-state index contributed by atoms with van der Waals surface area (Å²) in [7, 11) is 0. The van der Waals surface area contributed by atoms with Gasteiger partial charge in [-0.1, -0.05) is 60.7 Å². The molecular formula is C19H19NO5. The van der Waals surface area contributed by atoms with Crippen molar-refractivity contribution in [3.05, 3.63) is 71.8 Å². The van der Waals surface area contributed by atoms with Gasteiger partial charge in [-0.3, -0.25) is 9.59 Å². The molecule has 6 nitrogen and oxygen atoms in total. The van der Waals surface area contributed by atoms with Crippen LogP contribution < -0.4 is 5.32 Å². The second-order valence-electron chi connectivity index (χ2n) is 5.47. The molecule has 0 saturated carbocycles. The number of benzene rings is 2. The van der Waals surface area contributed by atoms with Crippen molar-refractivity contribution >= 4 is 17.8 Å². The number of hydrogen-bond acceptors (Lipinski definition) is 4. The Hall–Kier alpha value is -3.15. The van der Waals surface area contributed by atoms with E-state index in [0.29, 0.717) is 0 Å². The van der Waals surface area contributed by atoms with Crippen LogP contribution >= 0.6 is 0 Å². The number of amides is 1. The number of hydrogen-bond donors (Lipinski definition) is 2. The summed E-state index contributed by atoms with van der Waals surface area (Å²) in [4.78, 5) is 35.2. The first-order valence-electron chi connectivity index (χ1n) is 7.80. The fourth-order valence-corrected chi connectivity index (χ4v) is 2.22. The normalized spacial score (nSPS) is 11.4. The molecule has 2 aromatic carbocycles. The monoisotopic (exact) mass is 341 g/mol. The highest BCUT2D eigenvalue weighted by atomic mass is 16.5. The molecule has 0 aliphatic heterocycles. The molecule has 0 aliphatic rings. The quantitative estimate of drug-likeness (QED) is 0.716. The van der Waals surface area contributed by atoms with Crippen LogP contribution in [0.3, 0.4) is 0 Å². The van der Waals surface area contributed by atoms with E-state index in [2.05, 4.69) is 5.32 Å². The van der Waals surface area contributed by atoms with Crippen molar-refractivity contribution < 1.29 is 24.2 Å². The van der Waals surface area contributed by atoms with Crippen molar-refractivity contribution in [3.8, 4) is 0 Å². The van der Waals surface area contributed by atoms with Crippen molar-refractivity contribution in [1.82, 2.24) is 5.32 Å². The molecule has 25 heavy (non-hydrogen) atoms. The molecule has 0 aliphatic carbocycles. The van der Waals surface area contributed by atoms with Gasteiger partial charge in [0.2, 0.25) is 5.91 Å². The molecular weight excluding hydrogens is 322 g/mol. The molecule has 0 saturated heterocycles. The van der Waals surface area contributed by atoms with E-state index in [0.717, 1.165) is 11.1 Å². The minimum absolute atomic E-state index is 0.0182. The first-order valence-corrected chi connectivity index (χ1v) is 7.80. The highest BCUT2D eigenvalue weighted by molar-refractivity contribution is 5.88. The van der Waals surface area contributed by atoms with Crippen LogP contribution in [0.25, 0.3) is 0 Å². The van der Waals surface area contributed by atoms with Gasteiger partial charge in [0.15, 0.2) is 0 Å². The lowest BCUT2D eigenvalue weighted by atomic mass is 10.1. The first-order chi connectivity index (χ1) is 12.0. The Morgan fingerprint density at radius 3 is 2.04 bits per heavy atom. The lowest BCUT2D eigenvalue weighted by Crippen LogP contribution is -2.43. The number of aliphatic carboxylic acids is 1. The van der Waals surface area contributed by atoms with Gasteiger partial charge in [0.25, 0.3) is 0 Å². The maximum atomic E-state index is 12.1. The molecule has 1 amide bonds. The van der Waals surface area contributed by atoms with Crippen LogP contribution in [0.5, 0.6) is 0 Å². The molecule has 1 atom stereocenters. The number of carbonyl (C=O) groups is 3. The maximum absolute atomic E-state index is 12.1. The Bertz CT molecular complexity index is 715. The summed E-state index contributed by atoms with van der Waals surface area (Å²) in [5.74, 6) is -2.40. The molecule has 6 heteroatoms. The summed E-state index contributed by atoms with van der Waals surface area (Å²) in [6, 6.07) is 16.8. The van der Waals surface area contributed by atoms with Crippen molar-refractivity contribution in [1.29, 1.82) is 0 Å². The summed E-state index contributed by atoms with van der Waals surface area (Å²) in [5.41, 5.74) is 1.55. The summed E-state index contributed by atoms with van der Waals surface area (Å²) >= 11 is 0. The molecule has 0 heterocycles. The molecule has 2 rings (SSSR count). The summed E-state index contributed by atoms with van der Waals surface area (Å²) in [6.07, 6.45) is -0.475. The van der Waals surface area contributed by atoms with Gasteiger partial charge in [-0.25, -0.2) is 4.79 Å². The van der Waals surface area contributed by atoms with Crippen LogP contribution in [0.15, 0.2) is 60.7 Å². The Morgan fingerprint density at radius 2 is 1.48 bits per heavy atom. The Balaban J connectivity index is 1.93. The maximum Gasteiger partial charge on any atom is 0.329 e. The fraction of sp³-hybridized carbons (Fsp3) is 0.211. The average Bonchev–Trinajstić information content (AvgIpc) is 2.60. The van der Waals surface area contributed by atoms with Crippen LogP contribution in [0.4, 0.5) is 0 Å². The largest absolute Gasteiger partial charge is 0.481 e. The second kappa shape index (κ2) is 9.22. The van der Waals surface area contributed by atoms with E-state index in [1.807, 2.05) is 12.1 Å². The SMILES string of the molecule is O=C(O)C[C@H](NC(=O)Cc1ccccc1)C(=O)OCc1ccccc1. The second-order valence-corrected chi connectivity index (χ2v) is 5.47. The number of carboxylic acid groups (broad SMARTS) is 1. The van der Waals surface area contributed by atoms with Gasteiger partial charge in [0.1, 0.15) is 12.6 Å². The average molecular weight is 341 g/mol. The minimum atomic E-state index is -1.22.